The number of nitrogens with zero attached hydrogens (tertiary/aromatic N) is 2. The third-order valence-corrected chi connectivity index (χ3v) is 4.80. The van der Waals surface area contributed by atoms with Crippen LogP contribution in [0, 0.1) is 10.1 Å². The van der Waals surface area contributed by atoms with Crippen molar-refractivity contribution in [3.8, 4) is 0 Å². The van der Waals surface area contributed by atoms with E-state index in [4.69, 9.17) is 11.6 Å². The van der Waals surface area contributed by atoms with Gasteiger partial charge in [-0.2, -0.15) is 0 Å². The number of hydrogen-bond donors (Lipinski definition) is 0. The quantitative estimate of drug-likeness (QED) is 0.318. The second-order valence-corrected chi connectivity index (χ2v) is 6.90. The third-order valence-electron chi connectivity index (χ3n) is 4.54. The van der Waals surface area contributed by atoms with Crippen molar-refractivity contribution in [2.75, 3.05) is 4.90 Å². The molecule has 1 aliphatic rings. The molecule has 0 fully saturated rings. The van der Waals surface area contributed by atoms with Gasteiger partial charge in [-0.15, -0.1) is 0 Å². The molecule has 0 radical (unpaired) electrons. The zero-order valence-electron chi connectivity index (χ0n) is 15.2. The molecular weight excluding hydrogens is 388 g/mol. The lowest BCUT2D eigenvalue weighted by Crippen LogP contribution is -2.25. The van der Waals surface area contributed by atoms with Crippen molar-refractivity contribution in [2.45, 2.75) is 0 Å². The lowest BCUT2D eigenvalue weighted by Gasteiger charge is -2.20. The first kappa shape index (κ1) is 18.7. The molecule has 3 aromatic carbocycles. The van der Waals surface area contributed by atoms with Crippen LogP contribution in [0.25, 0.3) is 11.8 Å². The molecule has 0 bridgehead atoms. The van der Waals surface area contributed by atoms with Gasteiger partial charge < -0.3 is 0 Å². The van der Waals surface area contributed by atoms with Crippen molar-refractivity contribution >= 4 is 40.7 Å². The molecule has 4 rings (SSSR count). The smallest absolute Gasteiger partial charge is 0.271 e. The molecule has 5 nitrogen and oxygen atoms in total. The highest BCUT2D eigenvalue weighted by atomic mass is 35.5. The number of carbonyl (C=O) groups excluding carboxylic acids is 1. The monoisotopic (exact) mass is 402 g/mol. The normalized spacial score (nSPS) is 14.9. The van der Waals surface area contributed by atoms with Crippen LogP contribution in [0.4, 0.5) is 11.4 Å². The van der Waals surface area contributed by atoms with Crippen molar-refractivity contribution in [2.24, 2.45) is 0 Å². The average Bonchev–Trinajstić information content (AvgIpc) is 3.06. The highest BCUT2D eigenvalue weighted by Crippen LogP contribution is 2.36. The minimum Gasteiger partial charge on any atom is -0.276 e. The number of hydrogen-bond acceptors (Lipinski definition) is 3. The fourth-order valence-electron chi connectivity index (χ4n) is 3.18. The van der Waals surface area contributed by atoms with Gasteiger partial charge in [0.15, 0.2) is 0 Å². The van der Waals surface area contributed by atoms with E-state index in [1.54, 1.807) is 36.4 Å². The van der Waals surface area contributed by atoms with E-state index in [-0.39, 0.29) is 11.6 Å². The lowest BCUT2D eigenvalue weighted by molar-refractivity contribution is -0.384. The fraction of sp³-hybridized carbons (Fsp3) is 0. The van der Waals surface area contributed by atoms with Gasteiger partial charge >= 0.3 is 0 Å². The Balaban J connectivity index is 1.82. The van der Waals surface area contributed by atoms with E-state index < -0.39 is 4.92 Å². The first-order valence-electron chi connectivity index (χ1n) is 8.86. The van der Waals surface area contributed by atoms with E-state index in [2.05, 4.69) is 0 Å². The molecule has 0 unspecified atom stereocenters. The largest absolute Gasteiger partial charge is 0.276 e. The molecule has 0 spiro atoms. The number of rotatable bonds is 4. The number of nitro groups is 1. The van der Waals surface area contributed by atoms with Crippen LogP contribution in [0.3, 0.4) is 0 Å². The van der Waals surface area contributed by atoms with Crippen LogP contribution in [0.1, 0.15) is 11.1 Å². The van der Waals surface area contributed by atoms with Crippen molar-refractivity contribution in [3.05, 3.63) is 117 Å². The molecule has 29 heavy (non-hydrogen) atoms. The zero-order chi connectivity index (χ0) is 20.4. The summed E-state index contributed by atoms with van der Waals surface area (Å²) < 4.78 is 0. The van der Waals surface area contributed by atoms with Gasteiger partial charge in [-0.3, -0.25) is 19.8 Å². The van der Waals surface area contributed by atoms with Gasteiger partial charge in [-0.25, -0.2) is 0 Å². The zero-order valence-corrected chi connectivity index (χ0v) is 15.9. The Bertz CT molecular complexity index is 1150. The average molecular weight is 403 g/mol. The van der Waals surface area contributed by atoms with Crippen molar-refractivity contribution < 1.29 is 9.72 Å². The summed E-state index contributed by atoms with van der Waals surface area (Å²) in [5.74, 6) is -0.251. The van der Waals surface area contributed by atoms with Crippen LogP contribution in [-0.4, -0.2) is 10.8 Å². The SMILES string of the molecule is O=C1/C(=C/c2ccc(Cl)cc2)C=C(c2ccccc2)N1c1cccc([N+](=O)[O-])c1. The number of nitro benzene ring substituents is 1. The van der Waals surface area contributed by atoms with Gasteiger partial charge in [-0.1, -0.05) is 60.1 Å². The number of anilines is 1. The summed E-state index contributed by atoms with van der Waals surface area (Å²) in [6, 6.07) is 22.7. The fourth-order valence-corrected chi connectivity index (χ4v) is 3.30. The van der Waals surface area contributed by atoms with Gasteiger partial charge in [-0.05, 0) is 41.5 Å². The minimum atomic E-state index is -0.472. The van der Waals surface area contributed by atoms with Gasteiger partial charge in [0.05, 0.1) is 16.3 Å². The van der Waals surface area contributed by atoms with Crippen molar-refractivity contribution in [1.82, 2.24) is 0 Å². The summed E-state index contributed by atoms with van der Waals surface area (Å²) in [5.41, 5.74) is 3.19. The minimum absolute atomic E-state index is 0.0714. The third kappa shape index (κ3) is 3.81. The Hall–Kier alpha value is -3.70. The lowest BCUT2D eigenvalue weighted by atomic mass is 10.1. The maximum atomic E-state index is 13.3. The van der Waals surface area contributed by atoms with E-state index in [1.807, 2.05) is 42.5 Å². The molecule has 142 valence electrons. The Morgan fingerprint density at radius 3 is 2.34 bits per heavy atom. The highest BCUT2D eigenvalue weighted by Gasteiger charge is 2.31. The molecule has 1 amide bonds. The Kier molecular flexibility index (Phi) is 4.97. The van der Waals surface area contributed by atoms with Crippen LogP contribution in [0.2, 0.25) is 5.02 Å². The molecule has 6 heteroatoms. The van der Waals surface area contributed by atoms with E-state index in [0.29, 0.717) is 22.0 Å². The van der Waals surface area contributed by atoms with Crippen molar-refractivity contribution in [1.29, 1.82) is 0 Å². The van der Waals surface area contributed by atoms with Crippen LogP contribution in [0.5, 0.6) is 0 Å². The van der Waals surface area contributed by atoms with Crippen LogP contribution in [-0.2, 0) is 4.79 Å². The predicted octanol–water partition coefficient (Wildman–Crippen LogP) is 5.72. The second kappa shape index (κ2) is 7.73. The summed E-state index contributed by atoms with van der Waals surface area (Å²) in [4.78, 5) is 25.5. The molecular formula is C23H15ClN2O3. The number of non-ortho nitro benzene ring substituents is 1. The van der Waals surface area contributed by atoms with Crippen molar-refractivity contribution in [3.63, 3.8) is 0 Å². The number of benzene rings is 3. The molecule has 3 aromatic rings. The molecule has 1 heterocycles. The van der Waals surface area contributed by atoms with Gasteiger partial charge in [0.25, 0.3) is 11.6 Å². The molecule has 0 aromatic heterocycles. The Morgan fingerprint density at radius 2 is 1.66 bits per heavy atom. The summed E-state index contributed by atoms with van der Waals surface area (Å²) in [5, 5.41) is 11.8. The topological polar surface area (TPSA) is 63.5 Å². The van der Waals surface area contributed by atoms with E-state index >= 15 is 0 Å². The maximum Gasteiger partial charge on any atom is 0.271 e. The number of amides is 1. The summed E-state index contributed by atoms with van der Waals surface area (Å²) in [7, 11) is 0. The van der Waals surface area contributed by atoms with E-state index in [1.165, 1.54) is 17.0 Å². The standard InChI is InChI=1S/C23H15ClN2O3/c24-19-11-9-16(10-12-19)13-18-14-22(17-5-2-1-3-6-17)25(23(18)27)20-7-4-8-21(15-20)26(28)29/h1-15H/b18-13+. The highest BCUT2D eigenvalue weighted by molar-refractivity contribution is 6.30. The summed E-state index contributed by atoms with van der Waals surface area (Å²) in [6.45, 7) is 0. The van der Waals surface area contributed by atoms with Gasteiger partial charge in [0, 0.05) is 22.7 Å². The molecule has 0 saturated heterocycles. The molecule has 0 aliphatic carbocycles. The Morgan fingerprint density at radius 1 is 0.931 bits per heavy atom. The molecule has 0 saturated carbocycles. The molecule has 1 aliphatic heterocycles. The van der Waals surface area contributed by atoms with E-state index in [9.17, 15) is 14.9 Å². The first-order chi connectivity index (χ1) is 14.0. The second-order valence-electron chi connectivity index (χ2n) is 6.46. The number of halogens is 1. The first-order valence-corrected chi connectivity index (χ1v) is 9.24. The van der Waals surface area contributed by atoms with Gasteiger partial charge in [0.2, 0.25) is 0 Å². The van der Waals surface area contributed by atoms with E-state index in [0.717, 1.165) is 11.1 Å². The summed E-state index contributed by atoms with van der Waals surface area (Å²) >= 11 is 5.94. The summed E-state index contributed by atoms with van der Waals surface area (Å²) in [6.07, 6.45) is 3.57. The molecule has 0 atom stereocenters. The van der Waals surface area contributed by atoms with Crippen LogP contribution >= 0.6 is 11.6 Å². The maximum absolute atomic E-state index is 13.3. The Labute approximate surface area is 172 Å². The predicted molar refractivity (Wildman–Crippen MR) is 114 cm³/mol. The van der Waals surface area contributed by atoms with Gasteiger partial charge in [0.1, 0.15) is 0 Å². The van der Waals surface area contributed by atoms with Crippen LogP contribution in [0.15, 0.2) is 90.5 Å². The number of carbonyl (C=O) groups is 1. The molecule has 0 N–H and O–H groups in total. The van der Waals surface area contributed by atoms with Crippen LogP contribution < -0.4 is 4.90 Å².